The number of hydrogen-bond acceptors (Lipinski definition) is 4. The van der Waals surface area contributed by atoms with Gasteiger partial charge in [0.15, 0.2) is 0 Å². The van der Waals surface area contributed by atoms with Crippen molar-refractivity contribution in [3.63, 3.8) is 0 Å². The molecule has 4 rings (SSSR count). The minimum Gasteiger partial charge on any atom is -0.352 e. The molecule has 5 nitrogen and oxygen atoms in total. The second kappa shape index (κ2) is 6.03. The third-order valence-electron chi connectivity index (χ3n) is 5.20. The third-order valence-corrected chi connectivity index (χ3v) is 5.84. The fraction of sp³-hybridized carbons (Fsp3) is 0.611. The summed E-state index contributed by atoms with van der Waals surface area (Å²) in [6.45, 7) is 4.30. The van der Waals surface area contributed by atoms with Crippen molar-refractivity contribution in [3.8, 4) is 6.07 Å². The number of amides is 1. The van der Waals surface area contributed by atoms with Gasteiger partial charge in [0, 0.05) is 42.0 Å². The Labute approximate surface area is 150 Å². The number of pyridine rings is 1. The smallest absolute Gasteiger partial charge is 0.226 e. The van der Waals surface area contributed by atoms with E-state index in [1.807, 2.05) is 11.0 Å². The maximum atomic E-state index is 12.4. The summed E-state index contributed by atoms with van der Waals surface area (Å²) in [7, 11) is 0. The highest BCUT2D eigenvalue weighted by atomic mass is 79.9. The molecule has 0 aromatic carbocycles. The highest BCUT2D eigenvalue weighted by Gasteiger charge is 2.38. The van der Waals surface area contributed by atoms with Crippen molar-refractivity contribution in [2.45, 2.75) is 44.6 Å². The molecule has 0 spiro atoms. The molecule has 0 unspecified atom stereocenters. The maximum Gasteiger partial charge on any atom is 0.226 e. The number of carbonyl (C=O) groups is 1. The van der Waals surface area contributed by atoms with E-state index in [0.717, 1.165) is 48.5 Å². The molecule has 1 atom stereocenters. The van der Waals surface area contributed by atoms with Gasteiger partial charge < -0.3 is 9.80 Å². The van der Waals surface area contributed by atoms with Gasteiger partial charge in [-0.3, -0.25) is 4.79 Å². The largest absolute Gasteiger partial charge is 0.352 e. The molecule has 3 aliphatic rings. The first kappa shape index (κ1) is 15.9. The van der Waals surface area contributed by atoms with E-state index >= 15 is 0 Å². The van der Waals surface area contributed by atoms with Crippen LogP contribution in [-0.4, -0.2) is 41.5 Å². The minimum absolute atomic E-state index is 0.160. The Kier molecular flexibility index (Phi) is 4.00. The van der Waals surface area contributed by atoms with Crippen molar-refractivity contribution in [2.75, 3.05) is 24.5 Å². The van der Waals surface area contributed by atoms with Crippen LogP contribution >= 0.6 is 15.9 Å². The van der Waals surface area contributed by atoms with Gasteiger partial charge >= 0.3 is 0 Å². The van der Waals surface area contributed by atoms with Crippen LogP contribution in [0, 0.1) is 17.2 Å². The number of nitrogens with zero attached hydrogens (tertiary/aromatic N) is 4. The Morgan fingerprint density at radius 2 is 2.08 bits per heavy atom. The van der Waals surface area contributed by atoms with E-state index in [2.05, 4.69) is 33.8 Å². The van der Waals surface area contributed by atoms with Gasteiger partial charge in [0.05, 0.1) is 11.3 Å². The van der Waals surface area contributed by atoms with Crippen LogP contribution in [0.3, 0.4) is 0 Å². The van der Waals surface area contributed by atoms with Crippen LogP contribution in [0.2, 0.25) is 0 Å². The summed E-state index contributed by atoms with van der Waals surface area (Å²) in [6, 6.07) is 4.35. The van der Waals surface area contributed by atoms with Crippen LogP contribution in [-0.2, 0) is 4.79 Å². The number of rotatable bonds is 3. The lowest BCUT2D eigenvalue weighted by Gasteiger charge is -2.41. The van der Waals surface area contributed by atoms with E-state index in [1.165, 1.54) is 12.8 Å². The number of anilines is 1. The SMILES string of the molecule is C[C@@H]1CN(c2nc(C3CC3)c(Br)cc2C#N)CCN1C(=O)C1CC1. The second-order valence-electron chi connectivity index (χ2n) is 7.21. The van der Waals surface area contributed by atoms with Gasteiger partial charge in [0.1, 0.15) is 11.9 Å². The average Bonchev–Trinajstić information content (AvgIpc) is 3.46. The molecule has 126 valence electrons. The zero-order valence-corrected chi connectivity index (χ0v) is 15.4. The Bertz CT molecular complexity index is 720. The molecule has 1 aromatic heterocycles. The van der Waals surface area contributed by atoms with Gasteiger partial charge in [0.25, 0.3) is 0 Å². The van der Waals surface area contributed by atoms with Crippen molar-refractivity contribution in [3.05, 3.63) is 21.8 Å². The summed E-state index contributed by atoms with van der Waals surface area (Å²) in [5.74, 6) is 1.89. The molecule has 2 heterocycles. The molecule has 2 aliphatic carbocycles. The van der Waals surface area contributed by atoms with Gasteiger partial charge in [-0.15, -0.1) is 0 Å². The lowest BCUT2D eigenvalue weighted by Crippen LogP contribution is -2.54. The average molecular weight is 389 g/mol. The molecule has 1 aromatic rings. The summed E-state index contributed by atoms with van der Waals surface area (Å²) in [6.07, 6.45) is 4.45. The second-order valence-corrected chi connectivity index (χ2v) is 8.07. The van der Waals surface area contributed by atoms with Crippen molar-refractivity contribution in [2.24, 2.45) is 5.92 Å². The molecular formula is C18H21BrN4O. The third kappa shape index (κ3) is 2.90. The topological polar surface area (TPSA) is 60.2 Å². The van der Waals surface area contributed by atoms with E-state index in [-0.39, 0.29) is 12.0 Å². The van der Waals surface area contributed by atoms with Crippen molar-refractivity contribution in [1.29, 1.82) is 5.26 Å². The monoisotopic (exact) mass is 388 g/mol. The predicted octanol–water partition coefficient (Wildman–Crippen LogP) is 3.04. The maximum absolute atomic E-state index is 12.4. The van der Waals surface area contributed by atoms with Crippen LogP contribution in [0.5, 0.6) is 0 Å². The van der Waals surface area contributed by atoms with E-state index in [0.29, 0.717) is 17.4 Å². The first-order chi connectivity index (χ1) is 11.6. The van der Waals surface area contributed by atoms with Crippen molar-refractivity contribution >= 4 is 27.7 Å². The Balaban J connectivity index is 1.57. The summed E-state index contributed by atoms with van der Waals surface area (Å²) < 4.78 is 0.945. The predicted molar refractivity (Wildman–Crippen MR) is 94.7 cm³/mol. The molecule has 0 bridgehead atoms. The zero-order chi connectivity index (χ0) is 16.8. The number of halogens is 1. The molecule has 1 amide bonds. The summed E-state index contributed by atoms with van der Waals surface area (Å²) in [5, 5.41) is 9.50. The summed E-state index contributed by atoms with van der Waals surface area (Å²) in [4.78, 5) is 21.4. The van der Waals surface area contributed by atoms with Gasteiger partial charge in [0.2, 0.25) is 5.91 Å². The summed E-state index contributed by atoms with van der Waals surface area (Å²) in [5.41, 5.74) is 1.69. The van der Waals surface area contributed by atoms with E-state index in [1.54, 1.807) is 0 Å². The first-order valence-electron chi connectivity index (χ1n) is 8.74. The lowest BCUT2D eigenvalue weighted by molar-refractivity contribution is -0.134. The molecule has 3 fully saturated rings. The van der Waals surface area contributed by atoms with Crippen LogP contribution in [0.1, 0.15) is 49.8 Å². The quantitative estimate of drug-likeness (QED) is 0.798. The van der Waals surface area contributed by atoms with Crippen molar-refractivity contribution in [1.82, 2.24) is 9.88 Å². The van der Waals surface area contributed by atoms with Crippen LogP contribution in [0.4, 0.5) is 5.82 Å². The van der Waals surface area contributed by atoms with E-state index in [9.17, 15) is 10.1 Å². The number of piperazine rings is 1. The number of hydrogen-bond donors (Lipinski definition) is 0. The Morgan fingerprint density at radius 1 is 1.33 bits per heavy atom. The molecule has 24 heavy (non-hydrogen) atoms. The number of nitriles is 1. The highest BCUT2D eigenvalue weighted by molar-refractivity contribution is 9.10. The molecule has 0 radical (unpaired) electrons. The van der Waals surface area contributed by atoms with Crippen LogP contribution in [0.25, 0.3) is 0 Å². The fourth-order valence-electron chi connectivity index (χ4n) is 3.50. The Hall–Kier alpha value is -1.61. The normalized spacial score (nSPS) is 24.0. The Morgan fingerprint density at radius 3 is 2.67 bits per heavy atom. The molecule has 0 N–H and O–H groups in total. The van der Waals surface area contributed by atoms with E-state index < -0.39 is 0 Å². The van der Waals surface area contributed by atoms with Gasteiger partial charge in [-0.25, -0.2) is 4.98 Å². The standard InChI is InChI=1S/C18H21BrN4O/c1-11-10-22(6-7-23(11)18(24)13-4-5-13)17-14(9-20)8-15(19)16(21-17)12-2-3-12/h8,11-13H,2-7,10H2,1H3/t11-/m1/s1. The van der Waals surface area contributed by atoms with Gasteiger partial charge in [-0.1, -0.05) is 0 Å². The fourth-order valence-corrected chi connectivity index (χ4v) is 4.14. The molecule has 1 aliphatic heterocycles. The number of aromatic nitrogens is 1. The minimum atomic E-state index is 0.160. The summed E-state index contributed by atoms with van der Waals surface area (Å²) >= 11 is 3.57. The van der Waals surface area contributed by atoms with Crippen LogP contribution in [0.15, 0.2) is 10.5 Å². The lowest BCUT2D eigenvalue weighted by atomic mass is 10.1. The van der Waals surface area contributed by atoms with Crippen LogP contribution < -0.4 is 4.90 Å². The number of carbonyl (C=O) groups excluding carboxylic acids is 1. The highest BCUT2D eigenvalue weighted by Crippen LogP contribution is 2.43. The molecule has 1 saturated heterocycles. The van der Waals surface area contributed by atoms with Gasteiger partial charge in [-0.2, -0.15) is 5.26 Å². The van der Waals surface area contributed by atoms with E-state index in [4.69, 9.17) is 4.98 Å². The molecule has 2 saturated carbocycles. The molecular weight excluding hydrogens is 368 g/mol. The molecule has 6 heteroatoms. The van der Waals surface area contributed by atoms with Gasteiger partial charge in [-0.05, 0) is 54.6 Å². The van der Waals surface area contributed by atoms with Crippen molar-refractivity contribution < 1.29 is 4.79 Å². The zero-order valence-electron chi connectivity index (χ0n) is 13.8. The first-order valence-corrected chi connectivity index (χ1v) is 9.53.